The van der Waals surface area contributed by atoms with E-state index in [2.05, 4.69) is 17.4 Å². The van der Waals surface area contributed by atoms with E-state index < -0.39 is 0 Å². The molecule has 2 atom stereocenters. The summed E-state index contributed by atoms with van der Waals surface area (Å²) in [6.07, 6.45) is 2.53. The molecule has 1 aromatic carbocycles. The molecule has 1 heterocycles. The molecule has 0 amide bonds. The third-order valence-corrected chi connectivity index (χ3v) is 3.16. The van der Waals surface area contributed by atoms with Crippen LogP contribution in [0.2, 0.25) is 5.02 Å². The first kappa shape index (κ1) is 10.9. The minimum atomic E-state index is 0.377. The van der Waals surface area contributed by atoms with Gasteiger partial charge in [-0.05, 0) is 30.5 Å². The number of halogens is 1. The number of rotatable bonds is 3. The van der Waals surface area contributed by atoms with E-state index in [9.17, 15) is 0 Å². The highest BCUT2D eigenvalue weighted by molar-refractivity contribution is 6.30. The molecule has 0 saturated carbocycles. The molecular formula is C12H16ClNO. The van der Waals surface area contributed by atoms with Crippen LogP contribution in [0.15, 0.2) is 24.3 Å². The van der Waals surface area contributed by atoms with Gasteiger partial charge in [0.05, 0.1) is 6.10 Å². The number of benzene rings is 1. The van der Waals surface area contributed by atoms with Crippen LogP contribution < -0.4 is 5.32 Å². The number of methoxy groups -OCH3 is 1. The fourth-order valence-electron chi connectivity index (χ4n) is 2.02. The highest BCUT2D eigenvalue weighted by Crippen LogP contribution is 2.16. The van der Waals surface area contributed by atoms with Crippen molar-refractivity contribution < 1.29 is 4.74 Å². The van der Waals surface area contributed by atoms with Gasteiger partial charge in [-0.15, -0.1) is 0 Å². The summed E-state index contributed by atoms with van der Waals surface area (Å²) in [5.74, 6) is 0. The maximum Gasteiger partial charge on any atom is 0.0710 e. The van der Waals surface area contributed by atoms with Crippen molar-refractivity contribution in [2.75, 3.05) is 13.7 Å². The third kappa shape index (κ3) is 2.94. The summed E-state index contributed by atoms with van der Waals surface area (Å²) in [4.78, 5) is 0. The van der Waals surface area contributed by atoms with E-state index in [0.29, 0.717) is 12.1 Å². The van der Waals surface area contributed by atoms with E-state index in [1.54, 1.807) is 7.11 Å². The highest BCUT2D eigenvalue weighted by atomic mass is 35.5. The topological polar surface area (TPSA) is 21.3 Å². The number of ether oxygens (including phenoxy) is 1. The zero-order valence-electron chi connectivity index (χ0n) is 8.87. The summed E-state index contributed by atoms with van der Waals surface area (Å²) in [7, 11) is 1.77. The Labute approximate surface area is 95.6 Å². The van der Waals surface area contributed by atoms with Gasteiger partial charge in [0.2, 0.25) is 0 Å². The van der Waals surface area contributed by atoms with Crippen molar-refractivity contribution in [1.82, 2.24) is 5.32 Å². The predicted octanol–water partition coefficient (Wildman–Crippen LogP) is 2.26. The molecule has 1 unspecified atom stereocenters. The van der Waals surface area contributed by atoms with E-state index in [1.807, 2.05) is 12.1 Å². The molecule has 0 aromatic heterocycles. The van der Waals surface area contributed by atoms with Crippen molar-refractivity contribution in [1.29, 1.82) is 0 Å². The molecule has 1 saturated heterocycles. The molecule has 2 nitrogen and oxygen atoms in total. The van der Waals surface area contributed by atoms with Crippen LogP contribution in [0.5, 0.6) is 0 Å². The summed E-state index contributed by atoms with van der Waals surface area (Å²) in [6, 6.07) is 8.60. The molecule has 0 radical (unpaired) electrons. The SMILES string of the molecule is CO[C@@H]1CNC(Cc2ccc(Cl)cc2)C1. The molecular weight excluding hydrogens is 210 g/mol. The summed E-state index contributed by atoms with van der Waals surface area (Å²) in [6.45, 7) is 0.967. The van der Waals surface area contributed by atoms with Crippen molar-refractivity contribution >= 4 is 11.6 Å². The fraction of sp³-hybridized carbons (Fsp3) is 0.500. The second-order valence-electron chi connectivity index (χ2n) is 4.03. The van der Waals surface area contributed by atoms with Crippen LogP contribution in [0.25, 0.3) is 0 Å². The van der Waals surface area contributed by atoms with Gasteiger partial charge in [-0.3, -0.25) is 0 Å². The number of hydrogen-bond acceptors (Lipinski definition) is 2. The first-order valence-electron chi connectivity index (χ1n) is 5.28. The normalized spacial score (nSPS) is 25.7. The average Bonchev–Trinajstić information content (AvgIpc) is 2.69. The van der Waals surface area contributed by atoms with Crippen LogP contribution in [0, 0.1) is 0 Å². The van der Waals surface area contributed by atoms with Gasteiger partial charge in [0.15, 0.2) is 0 Å². The third-order valence-electron chi connectivity index (χ3n) is 2.91. The average molecular weight is 226 g/mol. The zero-order chi connectivity index (χ0) is 10.7. The van der Waals surface area contributed by atoms with Crippen molar-refractivity contribution in [3.05, 3.63) is 34.9 Å². The fourth-order valence-corrected chi connectivity index (χ4v) is 2.15. The lowest BCUT2D eigenvalue weighted by Gasteiger charge is -2.10. The van der Waals surface area contributed by atoms with Gasteiger partial charge in [0.1, 0.15) is 0 Å². The molecule has 2 rings (SSSR count). The Morgan fingerprint density at radius 3 is 2.73 bits per heavy atom. The van der Waals surface area contributed by atoms with Gasteiger partial charge in [-0.1, -0.05) is 23.7 Å². The molecule has 1 fully saturated rings. The Bertz CT molecular complexity index is 312. The van der Waals surface area contributed by atoms with Crippen LogP contribution in [-0.2, 0) is 11.2 Å². The maximum atomic E-state index is 5.84. The predicted molar refractivity (Wildman–Crippen MR) is 62.4 cm³/mol. The Hall–Kier alpha value is -0.570. The monoisotopic (exact) mass is 225 g/mol. The van der Waals surface area contributed by atoms with Gasteiger partial charge in [0.25, 0.3) is 0 Å². The standard InChI is InChI=1S/C12H16ClNO/c1-15-12-7-11(14-8-12)6-9-2-4-10(13)5-3-9/h2-5,11-12,14H,6-8H2,1H3/t11?,12-/m0/s1. The van der Waals surface area contributed by atoms with Crippen molar-refractivity contribution in [3.63, 3.8) is 0 Å². The second-order valence-corrected chi connectivity index (χ2v) is 4.47. The van der Waals surface area contributed by atoms with Gasteiger partial charge in [-0.25, -0.2) is 0 Å². The Morgan fingerprint density at radius 1 is 1.40 bits per heavy atom. The van der Waals surface area contributed by atoms with Gasteiger partial charge in [-0.2, -0.15) is 0 Å². The number of nitrogens with one attached hydrogen (secondary N) is 1. The molecule has 0 aliphatic carbocycles. The van der Waals surface area contributed by atoms with Crippen molar-refractivity contribution in [3.8, 4) is 0 Å². The molecule has 82 valence electrons. The van der Waals surface area contributed by atoms with E-state index in [1.165, 1.54) is 5.56 Å². The highest BCUT2D eigenvalue weighted by Gasteiger charge is 2.23. The van der Waals surface area contributed by atoms with Crippen molar-refractivity contribution in [2.45, 2.75) is 25.0 Å². The maximum absolute atomic E-state index is 5.84. The van der Waals surface area contributed by atoms with Gasteiger partial charge >= 0.3 is 0 Å². The van der Waals surface area contributed by atoms with Crippen molar-refractivity contribution in [2.24, 2.45) is 0 Å². The van der Waals surface area contributed by atoms with E-state index in [4.69, 9.17) is 16.3 Å². The van der Waals surface area contributed by atoms with E-state index >= 15 is 0 Å². The smallest absolute Gasteiger partial charge is 0.0710 e. The minimum absolute atomic E-state index is 0.377. The summed E-state index contributed by atoms with van der Waals surface area (Å²) in [5, 5.41) is 4.26. The lowest BCUT2D eigenvalue weighted by atomic mass is 10.0. The largest absolute Gasteiger partial charge is 0.380 e. The van der Waals surface area contributed by atoms with Crippen LogP contribution in [0.4, 0.5) is 0 Å². The zero-order valence-corrected chi connectivity index (χ0v) is 9.63. The lowest BCUT2D eigenvalue weighted by Crippen LogP contribution is -2.23. The molecule has 1 aliphatic heterocycles. The molecule has 15 heavy (non-hydrogen) atoms. The first-order valence-corrected chi connectivity index (χ1v) is 5.66. The van der Waals surface area contributed by atoms with Crippen LogP contribution in [0.3, 0.4) is 0 Å². The molecule has 1 aromatic rings. The second kappa shape index (κ2) is 4.97. The summed E-state index contributed by atoms with van der Waals surface area (Å²) in [5.41, 5.74) is 1.33. The van der Waals surface area contributed by atoms with Gasteiger partial charge in [0, 0.05) is 24.7 Å². The molecule has 3 heteroatoms. The van der Waals surface area contributed by atoms with Crippen LogP contribution >= 0.6 is 11.6 Å². The van der Waals surface area contributed by atoms with Crippen LogP contribution in [0.1, 0.15) is 12.0 Å². The minimum Gasteiger partial charge on any atom is -0.380 e. The van der Waals surface area contributed by atoms with Crippen LogP contribution in [-0.4, -0.2) is 25.8 Å². The quantitative estimate of drug-likeness (QED) is 0.852. The van der Waals surface area contributed by atoms with E-state index in [0.717, 1.165) is 24.4 Å². The molecule has 0 spiro atoms. The summed E-state index contributed by atoms with van der Waals surface area (Å²) < 4.78 is 5.31. The molecule has 1 N–H and O–H groups in total. The Balaban J connectivity index is 1.90. The lowest BCUT2D eigenvalue weighted by molar-refractivity contribution is 0.117. The molecule has 0 bridgehead atoms. The summed E-state index contributed by atoms with van der Waals surface area (Å²) >= 11 is 5.84. The van der Waals surface area contributed by atoms with E-state index in [-0.39, 0.29) is 0 Å². The number of hydrogen-bond donors (Lipinski definition) is 1. The molecule has 1 aliphatic rings. The first-order chi connectivity index (χ1) is 7.28. The Morgan fingerprint density at radius 2 is 2.13 bits per heavy atom. The van der Waals surface area contributed by atoms with Gasteiger partial charge < -0.3 is 10.1 Å². The Kier molecular flexibility index (Phi) is 3.62.